The molecule has 2 rings (SSSR count). The lowest BCUT2D eigenvalue weighted by Crippen LogP contribution is -2.61. The van der Waals surface area contributed by atoms with E-state index in [1.165, 1.54) is 6.92 Å². The minimum absolute atomic E-state index is 0.0711. The number of halogens is 3. The van der Waals surface area contributed by atoms with Crippen LogP contribution in [0, 0.1) is 5.41 Å². The zero-order chi connectivity index (χ0) is 24.6. The van der Waals surface area contributed by atoms with Gasteiger partial charge in [-0.1, -0.05) is 70.2 Å². The van der Waals surface area contributed by atoms with Crippen LogP contribution < -0.4 is 0 Å². The molecule has 14 heteroatoms. The van der Waals surface area contributed by atoms with Crippen molar-refractivity contribution in [3.63, 3.8) is 0 Å². The van der Waals surface area contributed by atoms with E-state index in [1.807, 2.05) is 30.3 Å². The molecule has 180 valence electrons. The van der Waals surface area contributed by atoms with Gasteiger partial charge in [-0.2, -0.15) is 0 Å². The first-order valence-electron chi connectivity index (χ1n) is 9.51. The van der Waals surface area contributed by atoms with E-state index in [-0.39, 0.29) is 13.2 Å². The topological polar surface area (TPSA) is 153 Å². The van der Waals surface area contributed by atoms with Crippen LogP contribution in [0.25, 0.3) is 10.4 Å². The second kappa shape index (κ2) is 12.3. The highest BCUT2D eigenvalue weighted by Gasteiger charge is 2.51. The van der Waals surface area contributed by atoms with Crippen molar-refractivity contribution in [2.75, 3.05) is 6.61 Å². The fourth-order valence-corrected chi connectivity index (χ4v) is 3.12. The Kier molecular flexibility index (Phi) is 10.0. The molecule has 0 aromatic heterocycles. The van der Waals surface area contributed by atoms with Crippen LogP contribution in [0.3, 0.4) is 0 Å². The van der Waals surface area contributed by atoms with Crippen LogP contribution in [0.15, 0.2) is 35.4 Å². The van der Waals surface area contributed by atoms with Crippen LogP contribution in [0.1, 0.15) is 19.4 Å². The maximum absolute atomic E-state index is 11.9. The number of benzene rings is 1. The molecule has 1 aliphatic rings. The molecule has 1 N–H and O–H groups in total. The standard InChI is InChI=1S/C19H21Cl3N4O7/c1-10(27)29-9-13-15(30-8-12-6-4-3-5-7-12)16(31-11(2)28)14(25-26-24)17(32-13)33-18(23)19(20,21)22/h3-7,13-17,23H,8-9H2,1-2H3/t13-,14-,15-,16-,17?/m1/s1. The first-order valence-corrected chi connectivity index (χ1v) is 10.6. The number of azide groups is 1. The lowest BCUT2D eigenvalue weighted by Gasteiger charge is -2.43. The van der Waals surface area contributed by atoms with Gasteiger partial charge in [0.2, 0.25) is 12.2 Å². The van der Waals surface area contributed by atoms with Crippen molar-refractivity contribution in [1.82, 2.24) is 0 Å². The molecule has 11 nitrogen and oxygen atoms in total. The minimum atomic E-state index is -2.24. The number of ether oxygens (including phenoxy) is 5. The van der Waals surface area contributed by atoms with Crippen molar-refractivity contribution >= 4 is 52.6 Å². The molecule has 0 saturated carbocycles. The zero-order valence-electron chi connectivity index (χ0n) is 17.5. The number of esters is 2. The number of alkyl halides is 3. The monoisotopic (exact) mass is 522 g/mol. The van der Waals surface area contributed by atoms with Crippen LogP contribution in [0.2, 0.25) is 0 Å². The van der Waals surface area contributed by atoms with E-state index < -0.39 is 52.3 Å². The Morgan fingerprint density at radius 1 is 1.15 bits per heavy atom. The number of carbonyl (C=O) groups excluding carboxylic acids is 2. The molecule has 0 amide bonds. The number of nitrogens with zero attached hydrogens (tertiary/aromatic N) is 3. The average molecular weight is 524 g/mol. The second-order valence-corrected chi connectivity index (χ2v) is 9.10. The smallest absolute Gasteiger partial charge is 0.303 e. The van der Waals surface area contributed by atoms with Crippen LogP contribution in [0.4, 0.5) is 0 Å². The molecule has 1 aromatic carbocycles. The molecule has 1 aliphatic heterocycles. The van der Waals surface area contributed by atoms with Crippen molar-refractivity contribution in [1.29, 1.82) is 5.41 Å². The number of nitrogens with one attached hydrogen (secondary N) is 1. The fourth-order valence-electron chi connectivity index (χ4n) is 2.98. The third kappa shape index (κ3) is 8.22. The molecule has 5 atom stereocenters. The highest BCUT2D eigenvalue weighted by Crippen LogP contribution is 2.34. The summed E-state index contributed by atoms with van der Waals surface area (Å²) in [4.78, 5) is 26.0. The Morgan fingerprint density at radius 2 is 1.82 bits per heavy atom. The summed E-state index contributed by atoms with van der Waals surface area (Å²) in [5.41, 5.74) is 9.88. The van der Waals surface area contributed by atoms with Gasteiger partial charge in [-0.15, -0.1) is 0 Å². The van der Waals surface area contributed by atoms with E-state index in [2.05, 4.69) is 10.0 Å². The molecule has 1 fully saturated rings. The summed E-state index contributed by atoms with van der Waals surface area (Å²) in [6.07, 6.45) is -4.87. The van der Waals surface area contributed by atoms with E-state index in [0.29, 0.717) is 0 Å². The molecular formula is C19H21Cl3N4O7. The predicted molar refractivity (Wildman–Crippen MR) is 118 cm³/mol. The summed E-state index contributed by atoms with van der Waals surface area (Å²) in [6.45, 7) is 2.09. The molecule has 0 bridgehead atoms. The largest absolute Gasteiger partial charge is 0.463 e. The van der Waals surface area contributed by atoms with Gasteiger partial charge in [0.15, 0.2) is 0 Å². The molecule has 0 aliphatic carbocycles. The van der Waals surface area contributed by atoms with Gasteiger partial charge in [0.25, 0.3) is 3.79 Å². The van der Waals surface area contributed by atoms with Gasteiger partial charge in [-0.05, 0) is 11.1 Å². The van der Waals surface area contributed by atoms with E-state index in [4.69, 9.17) is 69.4 Å². The van der Waals surface area contributed by atoms with Crippen LogP contribution >= 0.6 is 34.8 Å². The highest BCUT2D eigenvalue weighted by molar-refractivity contribution is 6.76. The molecule has 0 spiro atoms. The molecule has 0 radical (unpaired) electrons. The van der Waals surface area contributed by atoms with E-state index in [9.17, 15) is 9.59 Å². The quantitative estimate of drug-likeness (QED) is 0.103. The average Bonchev–Trinajstić information content (AvgIpc) is 2.73. The third-order valence-electron chi connectivity index (χ3n) is 4.33. The Morgan fingerprint density at radius 3 is 2.36 bits per heavy atom. The van der Waals surface area contributed by atoms with Crippen molar-refractivity contribution in [2.24, 2.45) is 5.11 Å². The number of rotatable bonds is 8. The van der Waals surface area contributed by atoms with Gasteiger partial charge in [-0.3, -0.25) is 15.0 Å². The van der Waals surface area contributed by atoms with E-state index >= 15 is 0 Å². The third-order valence-corrected chi connectivity index (χ3v) is 4.84. The summed E-state index contributed by atoms with van der Waals surface area (Å²) < 4.78 is 25.2. The molecule has 33 heavy (non-hydrogen) atoms. The summed E-state index contributed by atoms with van der Waals surface area (Å²) in [6, 6.07) is 7.74. The van der Waals surface area contributed by atoms with Crippen LogP contribution in [-0.4, -0.2) is 58.9 Å². The number of hydrogen-bond donors (Lipinski definition) is 1. The maximum Gasteiger partial charge on any atom is 0.303 e. The lowest BCUT2D eigenvalue weighted by atomic mass is 9.96. The SMILES string of the molecule is CC(=O)OC[C@H]1OC(OC(=N)C(Cl)(Cl)Cl)[C@H](N=[N+]=[N-])[C@@H](OC(C)=O)[C@@H]1OCc1ccccc1. The lowest BCUT2D eigenvalue weighted by molar-refractivity contribution is -0.262. The van der Waals surface area contributed by atoms with E-state index in [1.54, 1.807) is 0 Å². The van der Waals surface area contributed by atoms with Gasteiger partial charge in [-0.25, -0.2) is 0 Å². The van der Waals surface area contributed by atoms with Gasteiger partial charge < -0.3 is 23.7 Å². The highest BCUT2D eigenvalue weighted by atomic mass is 35.6. The van der Waals surface area contributed by atoms with Gasteiger partial charge in [0.05, 0.1) is 6.61 Å². The summed E-state index contributed by atoms with van der Waals surface area (Å²) >= 11 is 17.0. The van der Waals surface area contributed by atoms with Gasteiger partial charge in [0.1, 0.15) is 31.0 Å². The summed E-state index contributed by atoms with van der Waals surface area (Å²) in [7, 11) is 0. The Labute approximate surface area is 204 Å². The van der Waals surface area contributed by atoms with Crippen molar-refractivity contribution in [2.45, 2.75) is 54.9 Å². The van der Waals surface area contributed by atoms with Crippen LogP contribution in [0.5, 0.6) is 0 Å². The molecule has 1 aromatic rings. The molecule has 1 heterocycles. The normalized spacial score (nSPS) is 24.8. The summed E-state index contributed by atoms with van der Waals surface area (Å²) in [5, 5.41) is 11.4. The second-order valence-electron chi connectivity index (χ2n) is 6.82. The Balaban J connectivity index is 2.40. The molecule has 1 unspecified atom stereocenters. The van der Waals surface area contributed by atoms with Gasteiger partial charge in [0, 0.05) is 18.8 Å². The van der Waals surface area contributed by atoms with Crippen LogP contribution in [-0.2, 0) is 39.9 Å². The minimum Gasteiger partial charge on any atom is -0.463 e. The fraction of sp³-hybridized carbons (Fsp3) is 0.526. The Bertz CT molecular complexity index is 893. The number of carbonyl (C=O) groups is 2. The van der Waals surface area contributed by atoms with Crippen molar-refractivity contribution < 1.29 is 33.3 Å². The first kappa shape index (κ1) is 27.0. The Hall–Kier alpha value is -2.27. The first-order chi connectivity index (χ1) is 15.5. The predicted octanol–water partition coefficient (Wildman–Crippen LogP) is 3.83. The zero-order valence-corrected chi connectivity index (χ0v) is 19.8. The maximum atomic E-state index is 11.9. The van der Waals surface area contributed by atoms with Gasteiger partial charge >= 0.3 is 11.9 Å². The summed E-state index contributed by atoms with van der Waals surface area (Å²) in [5.74, 6) is -2.14. The molecule has 1 saturated heterocycles. The number of hydrogen-bond acceptors (Lipinski definition) is 9. The van der Waals surface area contributed by atoms with Crippen molar-refractivity contribution in [3.05, 3.63) is 46.3 Å². The molecular weight excluding hydrogens is 503 g/mol. The van der Waals surface area contributed by atoms with Crippen molar-refractivity contribution in [3.8, 4) is 0 Å². The van der Waals surface area contributed by atoms with E-state index in [0.717, 1.165) is 12.5 Å².